The van der Waals surface area contributed by atoms with Crippen molar-refractivity contribution in [2.24, 2.45) is 0 Å². The first-order chi connectivity index (χ1) is 8.27. The molecule has 1 rings (SSSR count). The van der Waals surface area contributed by atoms with Crippen LogP contribution < -0.4 is 5.32 Å². The molecule has 0 aliphatic carbocycles. The van der Waals surface area contributed by atoms with Crippen molar-refractivity contribution in [3.63, 3.8) is 0 Å². The maximum Gasteiger partial charge on any atom is 0.250 e. The van der Waals surface area contributed by atoms with Crippen LogP contribution in [0.3, 0.4) is 0 Å². The summed E-state index contributed by atoms with van der Waals surface area (Å²) in [5.41, 5.74) is 0. The van der Waals surface area contributed by atoms with Gasteiger partial charge < -0.3 is 15.0 Å². The average molecular weight is 236 g/mol. The Kier molecular flexibility index (Phi) is 6.02. The van der Waals surface area contributed by atoms with Crippen molar-refractivity contribution in [1.29, 1.82) is 10.5 Å². The molecule has 0 radical (unpaired) electrons. The Morgan fingerprint density at radius 1 is 1.29 bits per heavy atom. The summed E-state index contributed by atoms with van der Waals surface area (Å²) in [6, 6.07) is 3.72. The molecule has 92 valence electrons. The SMILES string of the molecule is N#CCN(CC#N)C(=O)COC1CCNCC1. The van der Waals surface area contributed by atoms with Gasteiger partial charge in [-0.25, -0.2) is 0 Å². The first kappa shape index (κ1) is 13.4. The number of amides is 1. The molecule has 6 nitrogen and oxygen atoms in total. The molecular weight excluding hydrogens is 220 g/mol. The minimum atomic E-state index is -0.299. The summed E-state index contributed by atoms with van der Waals surface area (Å²) in [7, 11) is 0. The van der Waals surface area contributed by atoms with E-state index in [2.05, 4.69) is 5.32 Å². The van der Waals surface area contributed by atoms with Crippen molar-refractivity contribution in [2.45, 2.75) is 18.9 Å². The van der Waals surface area contributed by atoms with Gasteiger partial charge in [0.05, 0.1) is 18.2 Å². The van der Waals surface area contributed by atoms with Gasteiger partial charge in [0.25, 0.3) is 0 Å². The van der Waals surface area contributed by atoms with E-state index in [1.165, 1.54) is 4.90 Å². The Hall–Kier alpha value is -1.63. The summed E-state index contributed by atoms with van der Waals surface area (Å²) in [5.74, 6) is -0.299. The van der Waals surface area contributed by atoms with Gasteiger partial charge in [-0.15, -0.1) is 0 Å². The van der Waals surface area contributed by atoms with E-state index in [9.17, 15) is 4.79 Å². The molecule has 0 aromatic heterocycles. The van der Waals surface area contributed by atoms with Crippen molar-refractivity contribution in [1.82, 2.24) is 10.2 Å². The molecule has 0 aromatic carbocycles. The second kappa shape index (κ2) is 7.61. The molecule has 0 bridgehead atoms. The Balaban J connectivity index is 2.31. The predicted octanol–water partition coefficient (Wildman–Crippen LogP) is -0.369. The second-order valence-electron chi connectivity index (χ2n) is 3.83. The highest BCUT2D eigenvalue weighted by molar-refractivity contribution is 5.77. The smallest absolute Gasteiger partial charge is 0.250 e. The zero-order valence-corrected chi connectivity index (χ0v) is 9.69. The van der Waals surface area contributed by atoms with Crippen LogP contribution in [0.15, 0.2) is 0 Å². The van der Waals surface area contributed by atoms with E-state index in [-0.39, 0.29) is 31.7 Å². The molecule has 0 saturated carbocycles. The van der Waals surface area contributed by atoms with Gasteiger partial charge in [0.2, 0.25) is 5.91 Å². The maximum atomic E-state index is 11.6. The Morgan fingerprint density at radius 2 is 1.88 bits per heavy atom. The molecule has 0 atom stereocenters. The monoisotopic (exact) mass is 236 g/mol. The highest BCUT2D eigenvalue weighted by atomic mass is 16.5. The fourth-order valence-corrected chi connectivity index (χ4v) is 1.65. The van der Waals surface area contributed by atoms with Gasteiger partial charge in [-0.2, -0.15) is 10.5 Å². The van der Waals surface area contributed by atoms with Crippen LogP contribution in [0.25, 0.3) is 0 Å². The number of ether oxygens (including phenoxy) is 1. The maximum absolute atomic E-state index is 11.6. The van der Waals surface area contributed by atoms with Crippen LogP contribution in [0.1, 0.15) is 12.8 Å². The van der Waals surface area contributed by atoms with Crippen molar-refractivity contribution >= 4 is 5.91 Å². The lowest BCUT2D eigenvalue weighted by Gasteiger charge is -2.24. The first-order valence-electron chi connectivity index (χ1n) is 5.62. The van der Waals surface area contributed by atoms with Crippen molar-refractivity contribution < 1.29 is 9.53 Å². The molecule has 1 aliphatic rings. The Morgan fingerprint density at radius 3 is 2.41 bits per heavy atom. The summed E-state index contributed by atoms with van der Waals surface area (Å²) in [4.78, 5) is 12.8. The lowest BCUT2D eigenvalue weighted by molar-refractivity contribution is -0.137. The number of hydrogen-bond acceptors (Lipinski definition) is 5. The quantitative estimate of drug-likeness (QED) is 0.658. The number of nitrogens with zero attached hydrogens (tertiary/aromatic N) is 3. The van der Waals surface area contributed by atoms with E-state index in [1.807, 2.05) is 12.1 Å². The summed E-state index contributed by atoms with van der Waals surface area (Å²) in [5, 5.41) is 20.3. The zero-order chi connectivity index (χ0) is 12.5. The highest BCUT2D eigenvalue weighted by Crippen LogP contribution is 2.07. The number of nitriles is 2. The molecule has 1 heterocycles. The minimum Gasteiger partial charge on any atom is -0.368 e. The van der Waals surface area contributed by atoms with Gasteiger partial charge in [0, 0.05) is 0 Å². The summed E-state index contributed by atoms with van der Waals surface area (Å²) in [6.07, 6.45) is 1.89. The average Bonchev–Trinajstić information content (AvgIpc) is 2.37. The normalized spacial score (nSPS) is 15.9. The first-order valence-corrected chi connectivity index (χ1v) is 5.62. The van der Waals surface area contributed by atoms with Crippen LogP contribution in [0, 0.1) is 22.7 Å². The third-order valence-electron chi connectivity index (χ3n) is 2.60. The summed E-state index contributed by atoms with van der Waals surface area (Å²) in [6.45, 7) is 1.62. The minimum absolute atomic E-state index is 0.0476. The van der Waals surface area contributed by atoms with Crippen LogP contribution >= 0.6 is 0 Å². The van der Waals surface area contributed by atoms with Gasteiger partial charge in [0.1, 0.15) is 19.7 Å². The molecule has 0 spiro atoms. The molecule has 1 amide bonds. The molecule has 0 unspecified atom stereocenters. The lowest BCUT2D eigenvalue weighted by atomic mass is 10.1. The third-order valence-corrected chi connectivity index (χ3v) is 2.60. The van der Waals surface area contributed by atoms with E-state index in [4.69, 9.17) is 15.3 Å². The van der Waals surface area contributed by atoms with Crippen LogP contribution in [0.4, 0.5) is 0 Å². The Bertz CT molecular complexity index is 309. The second-order valence-corrected chi connectivity index (χ2v) is 3.83. The van der Waals surface area contributed by atoms with Crippen LogP contribution in [0.2, 0.25) is 0 Å². The molecule has 1 N–H and O–H groups in total. The van der Waals surface area contributed by atoms with Crippen LogP contribution in [-0.4, -0.2) is 49.7 Å². The predicted molar refractivity (Wildman–Crippen MR) is 59.6 cm³/mol. The van der Waals surface area contributed by atoms with Gasteiger partial charge in [-0.05, 0) is 25.9 Å². The van der Waals surface area contributed by atoms with Gasteiger partial charge in [-0.3, -0.25) is 4.79 Å². The molecule has 17 heavy (non-hydrogen) atoms. The fourth-order valence-electron chi connectivity index (χ4n) is 1.65. The number of nitrogens with one attached hydrogen (secondary N) is 1. The third kappa shape index (κ3) is 4.81. The summed E-state index contributed by atoms with van der Waals surface area (Å²) < 4.78 is 5.47. The largest absolute Gasteiger partial charge is 0.368 e. The lowest BCUT2D eigenvalue weighted by Crippen LogP contribution is -2.38. The van der Waals surface area contributed by atoms with E-state index in [0.717, 1.165) is 25.9 Å². The molecule has 6 heteroatoms. The summed E-state index contributed by atoms with van der Waals surface area (Å²) >= 11 is 0. The number of carbonyl (C=O) groups excluding carboxylic acids is 1. The van der Waals surface area contributed by atoms with Gasteiger partial charge >= 0.3 is 0 Å². The van der Waals surface area contributed by atoms with Gasteiger partial charge in [-0.1, -0.05) is 0 Å². The van der Waals surface area contributed by atoms with Crippen LogP contribution in [0.5, 0.6) is 0 Å². The van der Waals surface area contributed by atoms with E-state index in [0.29, 0.717) is 0 Å². The van der Waals surface area contributed by atoms with E-state index in [1.54, 1.807) is 0 Å². The number of piperidine rings is 1. The Labute approximate surface area is 101 Å². The molecule has 1 fully saturated rings. The van der Waals surface area contributed by atoms with Crippen molar-refractivity contribution in [2.75, 3.05) is 32.8 Å². The molecular formula is C11H16N4O2. The topological polar surface area (TPSA) is 89.2 Å². The number of carbonyl (C=O) groups is 1. The number of hydrogen-bond donors (Lipinski definition) is 1. The van der Waals surface area contributed by atoms with Crippen molar-refractivity contribution in [3.05, 3.63) is 0 Å². The highest BCUT2D eigenvalue weighted by Gasteiger charge is 2.17. The van der Waals surface area contributed by atoms with Crippen molar-refractivity contribution in [3.8, 4) is 12.1 Å². The molecule has 1 saturated heterocycles. The van der Waals surface area contributed by atoms with E-state index < -0.39 is 0 Å². The van der Waals surface area contributed by atoms with E-state index >= 15 is 0 Å². The molecule has 1 aliphatic heterocycles. The number of rotatable bonds is 5. The molecule has 0 aromatic rings. The zero-order valence-electron chi connectivity index (χ0n) is 9.69. The van der Waals surface area contributed by atoms with Crippen LogP contribution in [-0.2, 0) is 9.53 Å². The standard InChI is InChI=1S/C11H16N4O2/c12-3-7-15(8-4-13)11(16)9-17-10-1-5-14-6-2-10/h10,14H,1-2,5-9H2. The van der Waals surface area contributed by atoms with Gasteiger partial charge in [0.15, 0.2) is 0 Å². The fraction of sp³-hybridized carbons (Fsp3) is 0.727.